The second-order valence-electron chi connectivity index (χ2n) is 6.50. The predicted molar refractivity (Wildman–Crippen MR) is 101 cm³/mol. The molecule has 0 unspecified atom stereocenters. The summed E-state index contributed by atoms with van der Waals surface area (Å²) in [4.78, 5) is 37.5. The fraction of sp³-hybridized carbons (Fsp3) is 0.350. The van der Waals surface area contributed by atoms with Crippen LogP contribution in [0.5, 0.6) is 0 Å². The molecule has 0 aliphatic carbocycles. The van der Waals surface area contributed by atoms with Gasteiger partial charge in [0.25, 0.3) is 17.4 Å². The predicted octanol–water partition coefficient (Wildman–Crippen LogP) is 1.16. The van der Waals surface area contributed by atoms with Gasteiger partial charge in [0.05, 0.1) is 12.1 Å². The van der Waals surface area contributed by atoms with E-state index in [1.807, 2.05) is 30.3 Å². The highest BCUT2D eigenvalue weighted by atomic mass is 16.5. The average Bonchev–Trinajstić information content (AvgIpc) is 2.70. The van der Waals surface area contributed by atoms with Crippen molar-refractivity contribution in [3.8, 4) is 0 Å². The first kappa shape index (κ1) is 18.8. The molecule has 2 N–H and O–H groups in total. The van der Waals surface area contributed by atoms with Gasteiger partial charge in [0.2, 0.25) is 0 Å². The third-order valence-corrected chi connectivity index (χ3v) is 4.57. The van der Waals surface area contributed by atoms with Crippen molar-refractivity contribution >= 4 is 11.8 Å². The van der Waals surface area contributed by atoms with Crippen LogP contribution >= 0.6 is 0 Å². The molecule has 3 rings (SSSR count). The number of pyridine rings is 1. The summed E-state index contributed by atoms with van der Waals surface area (Å²) >= 11 is 0. The van der Waals surface area contributed by atoms with Crippen LogP contribution in [0.25, 0.3) is 0 Å². The highest BCUT2D eigenvalue weighted by Crippen LogP contribution is 2.10. The Morgan fingerprint density at radius 3 is 2.52 bits per heavy atom. The Bertz CT molecular complexity index is 871. The van der Waals surface area contributed by atoms with Gasteiger partial charge in [0, 0.05) is 32.5 Å². The van der Waals surface area contributed by atoms with Crippen LogP contribution < -0.4 is 16.2 Å². The number of nitrogens with zero attached hydrogens (tertiary/aromatic N) is 1. The molecule has 0 spiro atoms. The van der Waals surface area contributed by atoms with Gasteiger partial charge >= 0.3 is 0 Å². The lowest BCUT2D eigenvalue weighted by atomic mass is 10.1. The highest BCUT2D eigenvalue weighted by Gasteiger charge is 2.20. The molecule has 2 aromatic rings. The molecule has 1 aromatic carbocycles. The molecule has 1 aliphatic rings. The van der Waals surface area contributed by atoms with Crippen molar-refractivity contribution in [1.29, 1.82) is 0 Å². The summed E-state index contributed by atoms with van der Waals surface area (Å²) in [6, 6.07) is 10.8. The minimum Gasteiger partial charge on any atom is -0.381 e. The largest absolute Gasteiger partial charge is 0.381 e. The SMILES string of the molecule is CNC(=O)c1cc(C(=O)NC2CCOCC2)cn(Cc2ccccc2)c1=O. The standard InChI is InChI=1S/C20H23N3O4/c1-21-19(25)17-11-15(18(24)22-16-7-9-27-10-8-16)13-23(20(17)26)12-14-5-3-2-4-6-14/h2-6,11,13,16H,7-10,12H2,1H3,(H,21,25)(H,22,24). The quantitative estimate of drug-likeness (QED) is 0.828. The van der Waals surface area contributed by atoms with E-state index in [1.54, 1.807) is 0 Å². The number of hydrogen-bond donors (Lipinski definition) is 2. The molecule has 2 amide bonds. The van der Waals surface area contributed by atoms with E-state index in [2.05, 4.69) is 10.6 Å². The lowest BCUT2D eigenvalue weighted by Gasteiger charge is -2.23. The Hall–Kier alpha value is -2.93. The van der Waals surface area contributed by atoms with Crippen LogP contribution in [0.4, 0.5) is 0 Å². The van der Waals surface area contributed by atoms with Crippen LogP contribution in [0.15, 0.2) is 47.4 Å². The van der Waals surface area contributed by atoms with Crippen molar-refractivity contribution in [2.24, 2.45) is 0 Å². The van der Waals surface area contributed by atoms with Crippen molar-refractivity contribution in [3.63, 3.8) is 0 Å². The second-order valence-corrected chi connectivity index (χ2v) is 6.50. The summed E-state index contributed by atoms with van der Waals surface area (Å²) in [7, 11) is 1.46. The maximum absolute atomic E-state index is 12.7. The van der Waals surface area contributed by atoms with E-state index in [0.717, 1.165) is 18.4 Å². The van der Waals surface area contributed by atoms with Gasteiger partial charge in [-0.2, -0.15) is 0 Å². The number of nitrogens with one attached hydrogen (secondary N) is 2. The number of ether oxygens (including phenoxy) is 1. The third kappa shape index (κ3) is 4.62. The van der Waals surface area contributed by atoms with Crippen LogP contribution in [0, 0.1) is 0 Å². The Kier molecular flexibility index (Phi) is 6.03. The Morgan fingerprint density at radius 1 is 1.15 bits per heavy atom. The number of benzene rings is 1. The molecule has 0 radical (unpaired) electrons. The van der Waals surface area contributed by atoms with Crippen molar-refractivity contribution < 1.29 is 14.3 Å². The van der Waals surface area contributed by atoms with E-state index in [-0.39, 0.29) is 29.6 Å². The maximum atomic E-state index is 12.7. The molecule has 142 valence electrons. The summed E-state index contributed by atoms with van der Waals surface area (Å²) in [6.07, 6.45) is 3.01. The smallest absolute Gasteiger partial charge is 0.263 e. The molecule has 0 saturated carbocycles. The van der Waals surface area contributed by atoms with Crippen molar-refractivity contribution in [2.75, 3.05) is 20.3 Å². The summed E-state index contributed by atoms with van der Waals surface area (Å²) in [6.45, 7) is 1.51. The van der Waals surface area contributed by atoms with Crippen molar-refractivity contribution in [3.05, 3.63) is 69.6 Å². The van der Waals surface area contributed by atoms with Crippen LogP contribution in [0.1, 0.15) is 39.1 Å². The van der Waals surface area contributed by atoms with E-state index < -0.39 is 11.5 Å². The molecule has 1 saturated heterocycles. The molecule has 1 aromatic heterocycles. The zero-order valence-electron chi connectivity index (χ0n) is 15.2. The summed E-state index contributed by atoms with van der Waals surface area (Å²) < 4.78 is 6.71. The fourth-order valence-corrected chi connectivity index (χ4v) is 3.07. The summed E-state index contributed by atoms with van der Waals surface area (Å²) in [5.74, 6) is -0.809. The first-order valence-electron chi connectivity index (χ1n) is 8.97. The van der Waals surface area contributed by atoms with Gasteiger partial charge in [-0.1, -0.05) is 30.3 Å². The topological polar surface area (TPSA) is 89.4 Å². The van der Waals surface area contributed by atoms with Gasteiger partial charge in [-0.05, 0) is 24.5 Å². The van der Waals surface area contributed by atoms with Gasteiger partial charge in [-0.3, -0.25) is 14.4 Å². The van der Waals surface area contributed by atoms with Crippen molar-refractivity contribution in [1.82, 2.24) is 15.2 Å². The molecule has 7 heteroatoms. The monoisotopic (exact) mass is 369 g/mol. The molecule has 2 heterocycles. The summed E-state index contributed by atoms with van der Waals surface area (Å²) in [5, 5.41) is 5.42. The number of carbonyl (C=O) groups is 2. The Balaban J connectivity index is 1.92. The van der Waals surface area contributed by atoms with Crippen LogP contribution in [-0.4, -0.2) is 42.7 Å². The Labute approximate surface area is 157 Å². The molecule has 7 nitrogen and oxygen atoms in total. The van der Waals surface area contributed by atoms with Crippen LogP contribution in [0.2, 0.25) is 0 Å². The van der Waals surface area contributed by atoms with Crippen molar-refractivity contribution in [2.45, 2.75) is 25.4 Å². The fourth-order valence-electron chi connectivity index (χ4n) is 3.07. The molecule has 27 heavy (non-hydrogen) atoms. The van der Waals surface area contributed by atoms with Crippen LogP contribution in [-0.2, 0) is 11.3 Å². The van der Waals surface area contributed by atoms with Gasteiger partial charge in [0.1, 0.15) is 5.56 Å². The molecule has 0 bridgehead atoms. The first-order chi connectivity index (χ1) is 13.1. The van der Waals surface area contributed by atoms with Gasteiger partial charge in [-0.15, -0.1) is 0 Å². The lowest BCUT2D eigenvalue weighted by molar-refractivity contribution is 0.0696. The minimum absolute atomic E-state index is 0.0317. The van der Waals surface area contributed by atoms with E-state index in [9.17, 15) is 14.4 Å². The molecule has 1 aliphatic heterocycles. The third-order valence-electron chi connectivity index (χ3n) is 4.57. The average molecular weight is 369 g/mol. The van der Waals surface area contributed by atoms with Crippen LogP contribution in [0.3, 0.4) is 0 Å². The van der Waals surface area contributed by atoms with Gasteiger partial charge in [0.15, 0.2) is 0 Å². The number of carbonyl (C=O) groups excluding carboxylic acids is 2. The van der Waals surface area contributed by atoms with E-state index in [4.69, 9.17) is 4.74 Å². The highest BCUT2D eigenvalue weighted by molar-refractivity contribution is 5.99. The molecule has 1 fully saturated rings. The zero-order valence-corrected chi connectivity index (χ0v) is 15.2. The van der Waals surface area contributed by atoms with Gasteiger partial charge in [-0.25, -0.2) is 0 Å². The Morgan fingerprint density at radius 2 is 1.85 bits per heavy atom. The number of amides is 2. The lowest BCUT2D eigenvalue weighted by Crippen LogP contribution is -2.40. The zero-order chi connectivity index (χ0) is 19.2. The van der Waals surface area contributed by atoms with E-state index in [0.29, 0.717) is 13.2 Å². The first-order valence-corrected chi connectivity index (χ1v) is 8.97. The normalized spacial score (nSPS) is 14.6. The number of hydrogen-bond acceptors (Lipinski definition) is 4. The maximum Gasteiger partial charge on any atom is 0.263 e. The van der Waals surface area contributed by atoms with Gasteiger partial charge < -0.3 is 19.9 Å². The minimum atomic E-state index is -0.512. The van der Waals surface area contributed by atoms with E-state index >= 15 is 0 Å². The number of rotatable bonds is 5. The molecular formula is C20H23N3O4. The summed E-state index contributed by atoms with van der Waals surface area (Å²) in [5.41, 5.74) is 0.717. The molecule has 0 atom stereocenters. The number of aromatic nitrogens is 1. The van der Waals surface area contributed by atoms with E-state index in [1.165, 1.54) is 23.9 Å². The second kappa shape index (κ2) is 8.64. The molecular weight excluding hydrogens is 346 g/mol.